The molecule has 0 fully saturated rings. The van der Waals surface area contributed by atoms with Crippen LogP contribution in [-0.4, -0.2) is 7.11 Å². The molecule has 0 spiro atoms. The summed E-state index contributed by atoms with van der Waals surface area (Å²) in [6, 6.07) is 9.49. The van der Waals surface area contributed by atoms with Gasteiger partial charge >= 0.3 is 0 Å². The lowest BCUT2D eigenvalue weighted by molar-refractivity contribution is 0.397. The van der Waals surface area contributed by atoms with Gasteiger partial charge in [-0.2, -0.15) is 0 Å². The minimum absolute atomic E-state index is 0.266. The quantitative estimate of drug-likeness (QED) is 0.897. The van der Waals surface area contributed by atoms with E-state index in [1.54, 1.807) is 25.3 Å². The molecule has 2 N–H and O–H groups in total. The predicted molar refractivity (Wildman–Crippen MR) is 79.8 cm³/mol. The second kappa shape index (κ2) is 6.24. The molecule has 0 amide bonds. The van der Waals surface area contributed by atoms with Crippen LogP contribution in [0.5, 0.6) is 17.2 Å². The Morgan fingerprint density at radius 2 is 1.90 bits per heavy atom. The standard InChI is InChI=1S/C15H15BrFNO2/c1-9(18)15-13(19-2)4-3-5-14(15)20-12-7-10(16)6-11(17)8-12/h3-9H,18H2,1-2H3. The molecular formula is C15H15BrFNO2. The van der Waals surface area contributed by atoms with Gasteiger partial charge in [0.05, 0.1) is 12.7 Å². The molecule has 20 heavy (non-hydrogen) atoms. The third kappa shape index (κ3) is 3.29. The molecule has 2 rings (SSSR count). The Hall–Kier alpha value is -1.59. The highest BCUT2D eigenvalue weighted by Gasteiger charge is 2.15. The fourth-order valence-corrected chi connectivity index (χ4v) is 2.40. The highest BCUT2D eigenvalue weighted by atomic mass is 79.9. The van der Waals surface area contributed by atoms with E-state index in [-0.39, 0.29) is 11.9 Å². The number of hydrogen-bond donors (Lipinski definition) is 1. The van der Waals surface area contributed by atoms with Gasteiger partial charge in [-0.25, -0.2) is 4.39 Å². The van der Waals surface area contributed by atoms with E-state index in [0.717, 1.165) is 5.56 Å². The van der Waals surface area contributed by atoms with Gasteiger partial charge < -0.3 is 15.2 Å². The Balaban J connectivity index is 2.42. The summed E-state index contributed by atoms with van der Waals surface area (Å²) in [4.78, 5) is 0. The first-order valence-corrected chi connectivity index (χ1v) is 6.87. The summed E-state index contributed by atoms with van der Waals surface area (Å²) in [5.74, 6) is 1.22. The van der Waals surface area contributed by atoms with Crippen LogP contribution in [0.2, 0.25) is 0 Å². The Morgan fingerprint density at radius 1 is 1.20 bits per heavy atom. The maximum atomic E-state index is 13.4. The first-order chi connectivity index (χ1) is 9.51. The summed E-state index contributed by atoms with van der Waals surface area (Å²) in [5, 5.41) is 0. The van der Waals surface area contributed by atoms with Gasteiger partial charge in [-0.1, -0.05) is 22.0 Å². The number of nitrogens with two attached hydrogens (primary N) is 1. The lowest BCUT2D eigenvalue weighted by atomic mass is 10.1. The zero-order valence-corrected chi connectivity index (χ0v) is 12.8. The summed E-state index contributed by atoms with van der Waals surface area (Å²) >= 11 is 3.23. The van der Waals surface area contributed by atoms with E-state index in [2.05, 4.69) is 15.9 Å². The summed E-state index contributed by atoms with van der Waals surface area (Å²) in [7, 11) is 1.57. The van der Waals surface area contributed by atoms with Crippen molar-refractivity contribution in [2.45, 2.75) is 13.0 Å². The third-order valence-corrected chi connectivity index (χ3v) is 3.22. The van der Waals surface area contributed by atoms with Crippen LogP contribution >= 0.6 is 15.9 Å². The predicted octanol–water partition coefficient (Wildman–Crippen LogP) is 4.41. The smallest absolute Gasteiger partial charge is 0.135 e. The molecule has 0 saturated carbocycles. The Labute approximate surface area is 125 Å². The summed E-state index contributed by atoms with van der Waals surface area (Å²) in [5.41, 5.74) is 6.71. The Kier molecular flexibility index (Phi) is 4.62. The third-order valence-electron chi connectivity index (χ3n) is 2.77. The van der Waals surface area contributed by atoms with Crippen LogP contribution in [0.25, 0.3) is 0 Å². The molecule has 2 aromatic carbocycles. The zero-order chi connectivity index (χ0) is 14.7. The number of benzene rings is 2. The average Bonchev–Trinajstić information content (AvgIpc) is 2.36. The molecule has 106 valence electrons. The van der Waals surface area contributed by atoms with Gasteiger partial charge in [0.25, 0.3) is 0 Å². The van der Waals surface area contributed by atoms with Crippen molar-refractivity contribution in [3.05, 3.63) is 52.3 Å². The minimum atomic E-state index is -0.375. The van der Waals surface area contributed by atoms with Crippen LogP contribution in [0.15, 0.2) is 40.9 Å². The van der Waals surface area contributed by atoms with E-state index < -0.39 is 0 Å². The molecular weight excluding hydrogens is 325 g/mol. The number of halogens is 2. The zero-order valence-electron chi connectivity index (χ0n) is 11.2. The molecule has 0 saturated heterocycles. The molecule has 2 aromatic rings. The van der Waals surface area contributed by atoms with Crippen LogP contribution in [0.4, 0.5) is 4.39 Å². The number of hydrogen-bond acceptors (Lipinski definition) is 3. The monoisotopic (exact) mass is 339 g/mol. The molecule has 0 heterocycles. The van der Waals surface area contributed by atoms with Crippen molar-refractivity contribution >= 4 is 15.9 Å². The fraction of sp³-hybridized carbons (Fsp3) is 0.200. The molecule has 0 aliphatic rings. The molecule has 1 unspecified atom stereocenters. The van der Waals surface area contributed by atoms with Gasteiger partial charge in [-0.15, -0.1) is 0 Å². The van der Waals surface area contributed by atoms with Gasteiger partial charge in [-0.05, 0) is 31.2 Å². The SMILES string of the molecule is COc1cccc(Oc2cc(F)cc(Br)c2)c1C(C)N. The first kappa shape index (κ1) is 14.8. The topological polar surface area (TPSA) is 44.5 Å². The molecule has 0 aromatic heterocycles. The largest absolute Gasteiger partial charge is 0.496 e. The highest BCUT2D eigenvalue weighted by molar-refractivity contribution is 9.10. The van der Waals surface area contributed by atoms with Crippen molar-refractivity contribution in [3.63, 3.8) is 0 Å². The summed E-state index contributed by atoms with van der Waals surface area (Å²) < 4.78 is 25.0. The van der Waals surface area contributed by atoms with Crippen LogP contribution in [-0.2, 0) is 0 Å². The number of ether oxygens (including phenoxy) is 2. The normalized spacial score (nSPS) is 12.1. The van der Waals surface area contributed by atoms with E-state index in [0.29, 0.717) is 21.7 Å². The minimum Gasteiger partial charge on any atom is -0.496 e. The molecule has 0 aliphatic heterocycles. The van der Waals surface area contributed by atoms with Crippen LogP contribution in [0.3, 0.4) is 0 Å². The molecule has 1 atom stereocenters. The summed E-state index contributed by atoms with van der Waals surface area (Å²) in [6.07, 6.45) is 0. The van der Waals surface area contributed by atoms with Crippen molar-refractivity contribution in [3.8, 4) is 17.2 Å². The van der Waals surface area contributed by atoms with E-state index in [9.17, 15) is 4.39 Å². The van der Waals surface area contributed by atoms with E-state index in [1.807, 2.05) is 13.0 Å². The van der Waals surface area contributed by atoms with Crippen molar-refractivity contribution in [1.29, 1.82) is 0 Å². The second-order valence-corrected chi connectivity index (χ2v) is 5.28. The molecule has 3 nitrogen and oxygen atoms in total. The van der Waals surface area contributed by atoms with Gasteiger partial charge in [0.15, 0.2) is 0 Å². The van der Waals surface area contributed by atoms with E-state index >= 15 is 0 Å². The fourth-order valence-electron chi connectivity index (χ4n) is 1.95. The molecule has 0 bridgehead atoms. The van der Waals surface area contributed by atoms with Crippen molar-refractivity contribution in [1.82, 2.24) is 0 Å². The van der Waals surface area contributed by atoms with Crippen LogP contribution < -0.4 is 15.2 Å². The van der Waals surface area contributed by atoms with Crippen LogP contribution in [0.1, 0.15) is 18.5 Å². The van der Waals surface area contributed by atoms with Crippen LogP contribution in [0, 0.1) is 5.82 Å². The van der Waals surface area contributed by atoms with Crippen molar-refractivity contribution < 1.29 is 13.9 Å². The maximum Gasteiger partial charge on any atom is 0.135 e. The van der Waals surface area contributed by atoms with E-state index in [4.69, 9.17) is 15.2 Å². The Bertz CT molecular complexity index is 597. The highest BCUT2D eigenvalue weighted by Crippen LogP contribution is 2.36. The summed E-state index contributed by atoms with van der Waals surface area (Å²) in [6.45, 7) is 1.84. The second-order valence-electron chi connectivity index (χ2n) is 4.37. The molecule has 0 aliphatic carbocycles. The van der Waals surface area contributed by atoms with Gasteiger partial charge in [-0.3, -0.25) is 0 Å². The lowest BCUT2D eigenvalue weighted by Crippen LogP contribution is -2.08. The average molecular weight is 340 g/mol. The molecule has 0 radical (unpaired) electrons. The van der Waals surface area contributed by atoms with Gasteiger partial charge in [0, 0.05) is 16.6 Å². The number of methoxy groups -OCH3 is 1. The molecule has 5 heteroatoms. The Morgan fingerprint density at radius 3 is 2.50 bits per heavy atom. The van der Waals surface area contributed by atoms with E-state index in [1.165, 1.54) is 12.1 Å². The maximum absolute atomic E-state index is 13.4. The number of rotatable bonds is 4. The van der Waals surface area contributed by atoms with Gasteiger partial charge in [0.2, 0.25) is 0 Å². The van der Waals surface area contributed by atoms with Gasteiger partial charge in [0.1, 0.15) is 23.1 Å². The lowest BCUT2D eigenvalue weighted by Gasteiger charge is -2.17. The van der Waals surface area contributed by atoms with Crippen molar-refractivity contribution in [2.24, 2.45) is 5.73 Å². The van der Waals surface area contributed by atoms with Crippen molar-refractivity contribution in [2.75, 3.05) is 7.11 Å². The first-order valence-electron chi connectivity index (χ1n) is 6.07.